The fraction of sp³-hybridized carbons (Fsp3) is 0.769. The molecule has 1 saturated carbocycles. The van der Waals surface area contributed by atoms with E-state index in [2.05, 4.69) is 11.9 Å². The smallest absolute Gasteiger partial charge is 0.0959 e. The third-order valence-corrected chi connectivity index (χ3v) is 4.74. The summed E-state index contributed by atoms with van der Waals surface area (Å²) in [4.78, 5) is 5.77. The maximum absolute atomic E-state index is 10.6. The molecule has 2 rings (SSSR count). The molecule has 0 saturated heterocycles. The molecule has 1 heterocycles. The molecule has 0 bridgehead atoms. The van der Waals surface area contributed by atoms with E-state index in [0.717, 1.165) is 36.4 Å². The van der Waals surface area contributed by atoms with Crippen LogP contribution in [-0.2, 0) is 11.2 Å². The van der Waals surface area contributed by atoms with Crippen molar-refractivity contribution in [2.24, 2.45) is 0 Å². The van der Waals surface area contributed by atoms with Gasteiger partial charge in [0.2, 0.25) is 0 Å². The number of hydrogen-bond donors (Lipinski definition) is 1. The van der Waals surface area contributed by atoms with Gasteiger partial charge in [-0.2, -0.15) is 0 Å². The van der Waals surface area contributed by atoms with Gasteiger partial charge >= 0.3 is 0 Å². The van der Waals surface area contributed by atoms with Crippen molar-refractivity contribution in [2.75, 3.05) is 7.11 Å². The first-order valence-corrected chi connectivity index (χ1v) is 7.02. The summed E-state index contributed by atoms with van der Waals surface area (Å²) in [5.74, 6) is 0. The lowest BCUT2D eigenvalue weighted by molar-refractivity contribution is -0.0581. The molecule has 1 aromatic heterocycles. The standard InChI is InChI=1S/C13H21NO2S/c1-9-10(2)17-12(14-9)8-13(15)6-4-5-11(7-13)16-3/h11,15H,4-8H2,1-3H3. The number of rotatable bonds is 3. The zero-order chi connectivity index (χ0) is 12.5. The van der Waals surface area contributed by atoms with Crippen molar-refractivity contribution >= 4 is 11.3 Å². The lowest BCUT2D eigenvalue weighted by atomic mass is 9.81. The van der Waals surface area contributed by atoms with Gasteiger partial charge in [-0.3, -0.25) is 0 Å². The van der Waals surface area contributed by atoms with E-state index >= 15 is 0 Å². The summed E-state index contributed by atoms with van der Waals surface area (Å²) in [7, 11) is 1.73. The number of ether oxygens (including phenoxy) is 1. The number of thiazole rings is 1. The molecule has 4 heteroatoms. The first kappa shape index (κ1) is 13.0. The van der Waals surface area contributed by atoms with Crippen molar-refractivity contribution in [3.63, 3.8) is 0 Å². The number of aryl methyl sites for hydroxylation is 2. The van der Waals surface area contributed by atoms with Crippen LogP contribution in [-0.4, -0.2) is 28.9 Å². The average molecular weight is 255 g/mol. The quantitative estimate of drug-likeness (QED) is 0.903. The Balaban J connectivity index is 2.06. The molecule has 1 aliphatic rings. The topological polar surface area (TPSA) is 42.4 Å². The molecule has 1 aliphatic carbocycles. The van der Waals surface area contributed by atoms with Crippen molar-refractivity contribution in [1.82, 2.24) is 4.98 Å². The molecule has 96 valence electrons. The van der Waals surface area contributed by atoms with Gasteiger partial charge < -0.3 is 9.84 Å². The number of aromatic nitrogens is 1. The van der Waals surface area contributed by atoms with Crippen LogP contribution in [0.3, 0.4) is 0 Å². The van der Waals surface area contributed by atoms with Crippen molar-refractivity contribution in [3.05, 3.63) is 15.6 Å². The minimum Gasteiger partial charge on any atom is -0.389 e. The number of hydrogen-bond acceptors (Lipinski definition) is 4. The highest BCUT2D eigenvalue weighted by molar-refractivity contribution is 7.11. The van der Waals surface area contributed by atoms with E-state index in [9.17, 15) is 5.11 Å². The van der Waals surface area contributed by atoms with Crippen molar-refractivity contribution in [1.29, 1.82) is 0 Å². The van der Waals surface area contributed by atoms with Crippen LogP contribution in [0.4, 0.5) is 0 Å². The Morgan fingerprint density at radius 3 is 2.88 bits per heavy atom. The molecule has 2 unspecified atom stereocenters. The summed E-state index contributed by atoms with van der Waals surface area (Å²) in [5.41, 5.74) is 0.475. The normalized spacial score (nSPS) is 29.5. The fourth-order valence-electron chi connectivity index (χ4n) is 2.54. The predicted molar refractivity (Wildman–Crippen MR) is 69.5 cm³/mol. The number of aliphatic hydroxyl groups is 1. The molecular weight excluding hydrogens is 234 g/mol. The second kappa shape index (κ2) is 5.04. The van der Waals surface area contributed by atoms with E-state index in [4.69, 9.17) is 4.74 Å². The summed E-state index contributed by atoms with van der Waals surface area (Å²) < 4.78 is 5.38. The van der Waals surface area contributed by atoms with Gasteiger partial charge in [-0.25, -0.2) is 4.98 Å². The van der Waals surface area contributed by atoms with Gasteiger partial charge in [0.1, 0.15) is 0 Å². The van der Waals surface area contributed by atoms with Crippen LogP contribution in [0.1, 0.15) is 41.3 Å². The maximum Gasteiger partial charge on any atom is 0.0959 e. The fourth-order valence-corrected chi connectivity index (χ4v) is 3.61. The van der Waals surface area contributed by atoms with Gasteiger partial charge in [0.25, 0.3) is 0 Å². The van der Waals surface area contributed by atoms with Gasteiger partial charge in [-0.15, -0.1) is 11.3 Å². The first-order chi connectivity index (χ1) is 8.02. The van der Waals surface area contributed by atoms with E-state index in [1.54, 1.807) is 18.4 Å². The van der Waals surface area contributed by atoms with Crippen LogP contribution in [0.2, 0.25) is 0 Å². The van der Waals surface area contributed by atoms with Crippen LogP contribution in [0.15, 0.2) is 0 Å². The van der Waals surface area contributed by atoms with Crippen LogP contribution in [0, 0.1) is 13.8 Å². The molecule has 0 aromatic carbocycles. The molecule has 0 amide bonds. The Hall–Kier alpha value is -0.450. The zero-order valence-electron chi connectivity index (χ0n) is 10.8. The number of nitrogens with zero attached hydrogens (tertiary/aromatic N) is 1. The van der Waals surface area contributed by atoms with Gasteiger partial charge in [0.05, 0.1) is 22.4 Å². The summed E-state index contributed by atoms with van der Waals surface area (Å²) >= 11 is 1.70. The van der Waals surface area contributed by atoms with E-state index < -0.39 is 5.60 Å². The van der Waals surface area contributed by atoms with E-state index in [1.807, 2.05) is 6.92 Å². The summed E-state index contributed by atoms with van der Waals surface area (Å²) in [6.45, 7) is 4.11. The Kier molecular flexibility index (Phi) is 3.85. The molecule has 0 aliphatic heterocycles. The molecule has 1 N–H and O–H groups in total. The van der Waals surface area contributed by atoms with E-state index in [1.165, 1.54) is 4.88 Å². The average Bonchev–Trinajstić information content (AvgIpc) is 2.57. The Bertz CT molecular complexity index is 371. The summed E-state index contributed by atoms with van der Waals surface area (Å²) in [6, 6.07) is 0. The first-order valence-electron chi connectivity index (χ1n) is 6.20. The highest BCUT2D eigenvalue weighted by atomic mass is 32.1. The predicted octanol–water partition coefficient (Wildman–Crippen LogP) is 2.62. The number of methoxy groups -OCH3 is 1. The second-order valence-electron chi connectivity index (χ2n) is 5.10. The molecular formula is C13H21NO2S. The lowest BCUT2D eigenvalue weighted by Gasteiger charge is -2.35. The minimum absolute atomic E-state index is 0.205. The lowest BCUT2D eigenvalue weighted by Crippen LogP contribution is -2.40. The van der Waals surface area contributed by atoms with Gasteiger partial charge in [0, 0.05) is 24.8 Å². The Morgan fingerprint density at radius 1 is 1.53 bits per heavy atom. The molecule has 2 atom stereocenters. The van der Waals surface area contributed by atoms with Crippen LogP contribution in [0.25, 0.3) is 0 Å². The van der Waals surface area contributed by atoms with Crippen molar-refractivity contribution in [2.45, 2.75) is 57.7 Å². The van der Waals surface area contributed by atoms with Gasteiger partial charge in [0.15, 0.2) is 0 Å². The Labute approximate surface area is 107 Å². The van der Waals surface area contributed by atoms with Crippen molar-refractivity contribution < 1.29 is 9.84 Å². The Morgan fingerprint density at radius 2 is 2.29 bits per heavy atom. The van der Waals surface area contributed by atoms with Gasteiger partial charge in [-0.05, 0) is 33.1 Å². The second-order valence-corrected chi connectivity index (χ2v) is 6.39. The zero-order valence-corrected chi connectivity index (χ0v) is 11.6. The van der Waals surface area contributed by atoms with Gasteiger partial charge in [-0.1, -0.05) is 0 Å². The van der Waals surface area contributed by atoms with Crippen molar-refractivity contribution in [3.8, 4) is 0 Å². The molecule has 1 fully saturated rings. The highest BCUT2D eigenvalue weighted by Gasteiger charge is 2.35. The molecule has 0 radical (unpaired) electrons. The molecule has 17 heavy (non-hydrogen) atoms. The monoisotopic (exact) mass is 255 g/mol. The molecule has 0 spiro atoms. The third kappa shape index (κ3) is 3.06. The van der Waals surface area contributed by atoms with E-state index in [0.29, 0.717) is 6.42 Å². The third-order valence-electron chi connectivity index (χ3n) is 3.66. The SMILES string of the molecule is COC1CCCC(O)(Cc2nc(C)c(C)s2)C1. The highest BCUT2D eigenvalue weighted by Crippen LogP contribution is 2.33. The van der Waals surface area contributed by atoms with Crippen LogP contribution < -0.4 is 0 Å². The largest absolute Gasteiger partial charge is 0.389 e. The minimum atomic E-state index is -0.615. The summed E-state index contributed by atoms with van der Waals surface area (Å²) in [6.07, 6.45) is 4.58. The maximum atomic E-state index is 10.6. The van der Waals surface area contributed by atoms with E-state index in [-0.39, 0.29) is 6.10 Å². The summed E-state index contributed by atoms with van der Waals surface area (Å²) in [5, 5.41) is 11.7. The molecule has 3 nitrogen and oxygen atoms in total. The molecule has 1 aromatic rings. The van der Waals surface area contributed by atoms with Crippen LogP contribution in [0.5, 0.6) is 0 Å². The van der Waals surface area contributed by atoms with Crippen LogP contribution >= 0.6 is 11.3 Å².